The molecule has 10 heteroatoms. The first-order valence-electron chi connectivity index (χ1n) is 8.10. The van der Waals surface area contributed by atoms with Crippen molar-refractivity contribution in [2.75, 3.05) is 12.4 Å². The molecule has 136 valence electrons. The molecule has 2 aromatic heterocycles. The highest BCUT2D eigenvalue weighted by molar-refractivity contribution is 9.10. The van der Waals surface area contributed by atoms with Crippen molar-refractivity contribution in [1.82, 2.24) is 19.3 Å². The highest BCUT2D eigenvalue weighted by atomic mass is 79.9. The van der Waals surface area contributed by atoms with Crippen LogP contribution in [0, 0.1) is 0 Å². The van der Waals surface area contributed by atoms with Gasteiger partial charge in [0.15, 0.2) is 11.5 Å². The van der Waals surface area contributed by atoms with Crippen molar-refractivity contribution in [2.45, 2.75) is 54.3 Å². The number of anilines is 1. The lowest BCUT2D eigenvalue weighted by Crippen LogP contribution is -2.48. The third-order valence-electron chi connectivity index (χ3n) is 5.16. The van der Waals surface area contributed by atoms with E-state index in [0.29, 0.717) is 23.5 Å². The van der Waals surface area contributed by atoms with Crippen LogP contribution in [0.1, 0.15) is 25.7 Å². The number of likely N-dealkylation sites (N-methyl/N-ethyl adjacent to an activating group) is 1. The van der Waals surface area contributed by atoms with Gasteiger partial charge in [-0.25, -0.2) is 9.97 Å². The molecule has 4 rings (SSSR count). The molecule has 2 fully saturated rings. The Hall–Kier alpha value is -1.00. The van der Waals surface area contributed by atoms with Gasteiger partial charge in [0.2, 0.25) is 0 Å². The Labute approximate surface area is 155 Å². The zero-order chi connectivity index (χ0) is 17.8. The topological polar surface area (TPSA) is 45.5 Å². The maximum absolute atomic E-state index is 12.8. The number of nitrogens with one attached hydrogen (secondary N) is 1. The fourth-order valence-corrected chi connectivity index (χ4v) is 5.21. The minimum atomic E-state index is -4.37. The lowest BCUT2D eigenvalue weighted by molar-refractivity contribution is -0.0330. The van der Waals surface area contributed by atoms with Gasteiger partial charge >= 0.3 is 5.51 Å². The fourth-order valence-electron chi connectivity index (χ4n) is 4.01. The minimum Gasteiger partial charge on any atom is -0.363 e. The number of hydrogen-bond donors (Lipinski definition) is 1. The van der Waals surface area contributed by atoms with Gasteiger partial charge in [0, 0.05) is 42.3 Å². The number of rotatable bonds is 3. The Bertz CT molecular complexity index is 795. The molecule has 0 unspecified atom stereocenters. The summed E-state index contributed by atoms with van der Waals surface area (Å²) in [7, 11) is 2.15. The zero-order valence-electron chi connectivity index (χ0n) is 13.4. The molecule has 2 saturated heterocycles. The second kappa shape index (κ2) is 6.31. The average molecular weight is 436 g/mol. The van der Waals surface area contributed by atoms with Gasteiger partial charge in [-0.3, -0.25) is 9.30 Å². The highest BCUT2D eigenvalue weighted by Gasteiger charge is 2.40. The van der Waals surface area contributed by atoms with Gasteiger partial charge in [0.25, 0.3) is 0 Å². The summed E-state index contributed by atoms with van der Waals surface area (Å²) >= 11 is 2.97. The molecule has 0 aliphatic carbocycles. The molecular formula is C15H17BrF3N5S. The fraction of sp³-hybridized carbons (Fsp3) is 0.600. The summed E-state index contributed by atoms with van der Waals surface area (Å²) in [4.78, 5) is 11.0. The van der Waals surface area contributed by atoms with Crippen LogP contribution in [0.4, 0.5) is 19.0 Å². The molecule has 5 nitrogen and oxygen atoms in total. The van der Waals surface area contributed by atoms with Crippen LogP contribution in [-0.4, -0.2) is 50.0 Å². The second-order valence-corrected chi connectivity index (χ2v) is 8.32. The number of aromatic nitrogens is 3. The van der Waals surface area contributed by atoms with E-state index in [9.17, 15) is 13.2 Å². The summed E-state index contributed by atoms with van der Waals surface area (Å²) in [5, 5.41) is 3.45. The van der Waals surface area contributed by atoms with Gasteiger partial charge in [-0.05, 0) is 48.7 Å². The van der Waals surface area contributed by atoms with E-state index in [-0.39, 0.29) is 27.4 Å². The summed E-state index contributed by atoms with van der Waals surface area (Å²) < 4.78 is 40.0. The number of imidazole rings is 1. The summed E-state index contributed by atoms with van der Waals surface area (Å²) in [5.74, 6) is 0.529. The smallest absolute Gasteiger partial charge is 0.363 e. The molecule has 3 atom stereocenters. The van der Waals surface area contributed by atoms with E-state index in [2.05, 4.69) is 43.2 Å². The Morgan fingerprint density at radius 3 is 2.80 bits per heavy atom. The van der Waals surface area contributed by atoms with Crippen LogP contribution in [0.15, 0.2) is 22.0 Å². The summed E-state index contributed by atoms with van der Waals surface area (Å²) in [6, 6.07) is 1.32. The molecule has 0 radical (unpaired) electrons. The molecule has 1 N–H and O–H groups in total. The van der Waals surface area contributed by atoms with E-state index in [1.54, 1.807) is 0 Å². The lowest BCUT2D eigenvalue weighted by Gasteiger charge is -2.38. The van der Waals surface area contributed by atoms with Crippen molar-refractivity contribution in [3.8, 4) is 0 Å². The third kappa shape index (κ3) is 3.23. The first-order chi connectivity index (χ1) is 11.8. The van der Waals surface area contributed by atoms with Gasteiger partial charge < -0.3 is 5.32 Å². The number of nitrogens with zero attached hydrogens (tertiary/aromatic N) is 4. The third-order valence-corrected chi connectivity index (χ3v) is 6.79. The molecule has 4 heterocycles. The number of alkyl halides is 3. The Balaban J connectivity index is 1.65. The number of fused-ring (bicyclic) bond motifs is 3. The van der Waals surface area contributed by atoms with Crippen LogP contribution in [0.2, 0.25) is 0 Å². The van der Waals surface area contributed by atoms with Crippen LogP contribution < -0.4 is 5.32 Å². The maximum Gasteiger partial charge on any atom is 0.447 e. The molecule has 0 aromatic carbocycles. The molecular weight excluding hydrogens is 419 g/mol. The van der Waals surface area contributed by atoms with E-state index in [1.807, 2.05) is 0 Å². The van der Waals surface area contributed by atoms with Gasteiger partial charge in [0.1, 0.15) is 9.63 Å². The maximum atomic E-state index is 12.8. The van der Waals surface area contributed by atoms with Crippen LogP contribution in [0.3, 0.4) is 0 Å². The first-order valence-corrected chi connectivity index (χ1v) is 9.71. The molecule has 2 bridgehead atoms. The predicted octanol–water partition coefficient (Wildman–Crippen LogP) is 4.14. The van der Waals surface area contributed by atoms with Gasteiger partial charge in [0.05, 0.1) is 0 Å². The van der Waals surface area contributed by atoms with E-state index < -0.39 is 5.51 Å². The van der Waals surface area contributed by atoms with Crippen LogP contribution in [0.25, 0.3) is 5.65 Å². The van der Waals surface area contributed by atoms with Gasteiger partial charge in [-0.1, -0.05) is 0 Å². The van der Waals surface area contributed by atoms with Gasteiger partial charge in [-0.2, -0.15) is 13.2 Å². The van der Waals surface area contributed by atoms with E-state index in [1.165, 1.54) is 23.2 Å². The SMILES string of the molecule is CN1[C@H]2CC[C@@H]1[C@H](Nc1nccn3c(SC(F)(F)F)c(Br)nc13)CC2. The number of piperidine rings is 1. The summed E-state index contributed by atoms with van der Waals surface area (Å²) in [6.07, 6.45) is 7.52. The quantitative estimate of drug-likeness (QED) is 0.733. The molecule has 2 aromatic rings. The Morgan fingerprint density at radius 2 is 2.04 bits per heavy atom. The molecule has 2 aliphatic rings. The normalized spacial score (nSPS) is 27.2. The van der Waals surface area contributed by atoms with Gasteiger partial charge in [-0.15, -0.1) is 0 Å². The molecule has 0 saturated carbocycles. The highest BCUT2D eigenvalue weighted by Crippen LogP contribution is 2.41. The van der Waals surface area contributed by atoms with E-state index in [0.717, 1.165) is 19.3 Å². The summed E-state index contributed by atoms with van der Waals surface area (Å²) in [5.41, 5.74) is -3.97. The summed E-state index contributed by atoms with van der Waals surface area (Å²) in [6.45, 7) is 0. The van der Waals surface area contributed by atoms with Crippen LogP contribution in [-0.2, 0) is 0 Å². The number of halogens is 4. The van der Waals surface area contributed by atoms with E-state index in [4.69, 9.17) is 0 Å². The molecule has 2 aliphatic heterocycles. The molecule has 0 amide bonds. The largest absolute Gasteiger partial charge is 0.447 e. The Kier molecular flexibility index (Phi) is 4.40. The standard InChI is InChI=1S/C15H17BrF3N5S/c1-23-8-2-4-9(10(23)5-3-8)21-12-13-22-11(16)14(25-15(17,18)19)24(13)7-6-20-12/h6-10H,2-5H2,1H3,(H,20,21)/t8-,9-,10-/m1/s1. The van der Waals surface area contributed by atoms with E-state index >= 15 is 0 Å². The lowest BCUT2D eigenvalue weighted by atomic mass is 9.98. The zero-order valence-corrected chi connectivity index (χ0v) is 15.8. The predicted molar refractivity (Wildman–Crippen MR) is 93.8 cm³/mol. The van der Waals surface area contributed by atoms with Crippen molar-refractivity contribution in [1.29, 1.82) is 0 Å². The Morgan fingerprint density at radius 1 is 1.28 bits per heavy atom. The number of hydrogen-bond acceptors (Lipinski definition) is 5. The molecule has 25 heavy (non-hydrogen) atoms. The van der Waals surface area contributed by atoms with Crippen molar-refractivity contribution < 1.29 is 13.2 Å². The average Bonchev–Trinajstić information content (AvgIpc) is 2.95. The van der Waals surface area contributed by atoms with Crippen LogP contribution in [0.5, 0.6) is 0 Å². The first kappa shape index (κ1) is 17.4. The minimum absolute atomic E-state index is 0.00893. The van der Waals surface area contributed by atoms with Crippen molar-refractivity contribution in [2.24, 2.45) is 0 Å². The molecule has 0 spiro atoms. The van der Waals surface area contributed by atoms with Crippen molar-refractivity contribution >= 4 is 39.2 Å². The van der Waals surface area contributed by atoms with Crippen molar-refractivity contribution in [3.05, 3.63) is 17.0 Å². The second-order valence-electron chi connectivity index (χ2n) is 6.52. The number of thioether (sulfide) groups is 1. The monoisotopic (exact) mass is 435 g/mol. The van der Waals surface area contributed by atoms with Crippen molar-refractivity contribution in [3.63, 3.8) is 0 Å². The van der Waals surface area contributed by atoms with Crippen LogP contribution >= 0.6 is 27.7 Å².